The summed E-state index contributed by atoms with van der Waals surface area (Å²) in [5.41, 5.74) is 7.46. The molecule has 2 rings (SSSR count). The Morgan fingerprint density at radius 3 is 2.00 bits per heavy atom. The third-order valence-corrected chi connectivity index (χ3v) is 7.13. The minimum Gasteiger partial charge on any atom is -0.352 e. The molecule has 1 aliphatic heterocycles. The average Bonchev–Trinajstić information content (AvgIpc) is 2.58. The predicted molar refractivity (Wildman–Crippen MR) is 108 cm³/mol. The smallest absolute Gasteiger partial charge is 0.312 e. The second-order valence-electron chi connectivity index (χ2n) is 8.19. The molecule has 1 fully saturated rings. The summed E-state index contributed by atoms with van der Waals surface area (Å²) in [6.45, 7) is 10.7. The van der Waals surface area contributed by atoms with Crippen LogP contribution in [0.5, 0.6) is 0 Å². The van der Waals surface area contributed by atoms with E-state index in [-0.39, 0.29) is 44.0 Å². The van der Waals surface area contributed by atoms with E-state index in [0.29, 0.717) is 4.90 Å². The number of hydrogen-bond acceptors (Lipinski definition) is 4. The first-order chi connectivity index (χ1) is 12.8. The normalized spacial score (nSPS) is 16.1. The maximum Gasteiger partial charge on any atom is 0.312 e. The number of piperazine rings is 1. The van der Waals surface area contributed by atoms with Crippen LogP contribution in [0.2, 0.25) is 0 Å². The van der Waals surface area contributed by atoms with E-state index < -0.39 is 16.1 Å². The molecule has 9 heteroatoms. The zero-order valence-corrected chi connectivity index (χ0v) is 18.0. The standard InChI is InChI=1S/C19H30N4O4S/c1-13-10-15(19(3,4)5)11-14(2)17(13)28(26,27)23-8-6-22(7-9-23)16(24)12-21-18(20)25/h10-11H,6-9,12H2,1-5H3,(H3,20,21,25). The van der Waals surface area contributed by atoms with E-state index >= 15 is 0 Å². The Bertz CT molecular complexity index is 843. The van der Waals surface area contributed by atoms with Gasteiger partial charge in [0.25, 0.3) is 0 Å². The van der Waals surface area contributed by atoms with E-state index in [1.54, 1.807) is 0 Å². The second-order valence-corrected chi connectivity index (χ2v) is 10.1. The largest absolute Gasteiger partial charge is 0.352 e. The van der Waals surface area contributed by atoms with Gasteiger partial charge in [-0.2, -0.15) is 4.31 Å². The van der Waals surface area contributed by atoms with Crippen LogP contribution < -0.4 is 11.1 Å². The number of aryl methyl sites for hydroxylation is 2. The van der Waals surface area contributed by atoms with E-state index in [1.807, 2.05) is 26.0 Å². The van der Waals surface area contributed by atoms with Crippen molar-refractivity contribution in [3.63, 3.8) is 0 Å². The molecule has 1 heterocycles. The molecule has 0 bridgehead atoms. The van der Waals surface area contributed by atoms with Crippen LogP contribution in [0.4, 0.5) is 4.79 Å². The van der Waals surface area contributed by atoms with Gasteiger partial charge in [0.15, 0.2) is 0 Å². The molecule has 8 nitrogen and oxygen atoms in total. The van der Waals surface area contributed by atoms with Gasteiger partial charge in [-0.25, -0.2) is 13.2 Å². The van der Waals surface area contributed by atoms with Crippen LogP contribution in [-0.2, 0) is 20.2 Å². The van der Waals surface area contributed by atoms with E-state index in [2.05, 4.69) is 26.1 Å². The van der Waals surface area contributed by atoms with Crippen molar-refractivity contribution in [2.45, 2.75) is 44.9 Å². The number of urea groups is 1. The molecule has 3 amide bonds. The molecule has 0 saturated carbocycles. The van der Waals surface area contributed by atoms with Crippen molar-refractivity contribution in [1.82, 2.24) is 14.5 Å². The van der Waals surface area contributed by atoms with Crippen LogP contribution in [0, 0.1) is 13.8 Å². The fourth-order valence-electron chi connectivity index (χ4n) is 3.37. The number of nitrogens with zero attached hydrogens (tertiary/aromatic N) is 2. The molecule has 0 spiro atoms. The molecule has 0 aliphatic carbocycles. The lowest BCUT2D eigenvalue weighted by atomic mass is 9.85. The first-order valence-electron chi connectivity index (χ1n) is 9.27. The summed E-state index contributed by atoms with van der Waals surface area (Å²) in [6, 6.07) is 3.11. The van der Waals surface area contributed by atoms with Crippen molar-refractivity contribution in [1.29, 1.82) is 0 Å². The number of primary amides is 1. The number of carbonyl (C=O) groups excluding carboxylic acids is 2. The number of carbonyl (C=O) groups is 2. The third kappa shape index (κ3) is 4.82. The van der Waals surface area contributed by atoms with Gasteiger partial charge in [-0.1, -0.05) is 32.9 Å². The van der Waals surface area contributed by atoms with Crippen LogP contribution in [0.25, 0.3) is 0 Å². The van der Waals surface area contributed by atoms with Gasteiger partial charge < -0.3 is 16.0 Å². The van der Waals surface area contributed by atoms with Crippen molar-refractivity contribution in [2.24, 2.45) is 5.73 Å². The summed E-state index contributed by atoms with van der Waals surface area (Å²) < 4.78 is 27.9. The summed E-state index contributed by atoms with van der Waals surface area (Å²) in [5.74, 6) is -0.280. The number of amides is 3. The lowest BCUT2D eigenvalue weighted by molar-refractivity contribution is -0.131. The molecule has 0 atom stereocenters. The van der Waals surface area contributed by atoms with Gasteiger partial charge >= 0.3 is 6.03 Å². The Kier molecular flexibility index (Phi) is 6.40. The number of benzene rings is 1. The van der Waals surface area contributed by atoms with Crippen molar-refractivity contribution >= 4 is 22.0 Å². The minimum absolute atomic E-state index is 0.0667. The molecule has 1 aromatic rings. The van der Waals surface area contributed by atoms with Crippen LogP contribution >= 0.6 is 0 Å². The van der Waals surface area contributed by atoms with Crippen molar-refractivity contribution in [3.05, 3.63) is 28.8 Å². The van der Waals surface area contributed by atoms with Crippen LogP contribution in [-0.4, -0.2) is 62.3 Å². The highest BCUT2D eigenvalue weighted by Crippen LogP contribution is 2.31. The van der Waals surface area contributed by atoms with E-state index in [0.717, 1.165) is 16.7 Å². The summed E-state index contributed by atoms with van der Waals surface area (Å²) in [7, 11) is -3.65. The topological polar surface area (TPSA) is 113 Å². The maximum absolute atomic E-state index is 13.2. The maximum atomic E-state index is 13.2. The molecular formula is C19H30N4O4S. The molecule has 1 aromatic carbocycles. The Labute approximate surface area is 167 Å². The summed E-state index contributed by atoms with van der Waals surface area (Å²) in [6.07, 6.45) is 0. The zero-order chi connectivity index (χ0) is 21.3. The van der Waals surface area contributed by atoms with E-state index in [4.69, 9.17) is 5.73 Å². The number of sulfonamides is 1. The number of rotatable bonds is 4. The van der Waals surface area contributed by atoms with Gasteiger partial charge in [0.2, 0.25) is 15.9 Å². The highest BCUT2D eigenvalue weighted by molar-refractivity contribution is 7.89. The molecule has 1 aliphatic rings. The second kappa shape index (κ2) is 8.08. The zero-order valence-electron chi connectivity index (χ0n) is 17.2. The monoisotopic (exact) mass is 410 g/mol. The van der Waals surface area contributed by atoms with E-state index in [1.165, 1.54) is 9.21 Å². The van der Waals surface area contributed by atoms with Crippen LogP contribution in [0.3, 0.4) is 0 Å². The van der Waals surface area contributed by atoms with Crippen molar-refractivity contribution in [3.8, 4) is 0 Å². The molecule has 0 aromatic heterocycles. The Morgan fingerprint density at radius 2 is 1.57 bits per heavy atom. The predicted octanol–water partition coefficient (Wildman–Crippen LogP) is 1.10. The average molecular weight is 411 g/mol. The molecule has 28 heavy (non-hydrogen) atoms. The molecular weight excluding hydrogens is 380 g/mol. The quantitative estimate of drug-likeness (QED) is 0.774. The first-order valence-corrected chi connectivity index (χ1v) is 10.7. The molecule has 0 radical (unpaired) electrons. The lowest BCUT2D eigenvalue weighted by Gasteiger charge is -2.34. The van der Waals surface area contributed by atoms with Gasteiger partial charge in [0, 0.05) is 26.2 Å². The Balaban J connectivity index is 2.17. The summed E-state index contributed by atoms with van der Waals surface area (Å²) in [4.78, 5) is 24.7. The molecule has 1 saturated heterocycles. The Hall–Kier alpha value is -2.13. The SMILES string of the molecule is Cc1cc(C(C)(C)C)cc(C)c1S(=O)(=O)N1CCN(C(=O)CNC(N)=O)CC1. The van der Waals surface area contributed by atoms with E-state index in [9.17, 15) is 18.0 Å². The first kappa shape index (κ1) is 22.2. The van der Waals surface area contributed by atoms with Crippen molar-refractivity contribution < 1.29 is 18.0 Å². The van der Waals surface area contributed by atoms with Crippen LogP contribution in [0.1, 0.15) is 37.5 Å². The number of nitrogens with one attached hydrogen (secondary N) is 1. The highest BCUT2D eigenvalue weighted by Gasteiger charge is 2.32. The molecule has 0 unspecified atom stereocenters. The fourth-order valence-corrected chi connectivity index (χ4v) is 5.21. The Morgan fingerprint density at radius 1 is 1.07 bits per heavy atom. The highest BCUT2D eigenvalue weighted by atomic mass is 32.2. The number of hydrogen-bond donors (Lipinski definition) is 2. The molecule has 3 N–H and O–H groups in total. The number of nitrogens with two attached hydrogens (primary N) is 1. The fraction of sp³-hybridized carbons (Fsp3) is 0.579. The summed E-state index contributed by atoms with van der Waals surface area (Å²) >= 11 is 0. The van der Waals surface area contributed by atoms with Crippen LogP contribution in [0.15, 0.2) is 17.0 Å². The van der Waals surface area contributed by atoms with Gasteiger partial charge in [0.1, 0.15) is 0 Å². The van der Waals surface area contributed by atoms with Gasteiger partial charge in [-0.05, 0) is 36.0 Å². The third-order valence-electron chi connectivity index (χ3n) is 4.93. The van der Waals surface area contributed by atoms with Gasteiger partial charge in [-0.15, -0.1) is 0 Å². The minimum atomic E-state index is -3.65. The molecule has 156 valence electrons. The van der Waals surface area contributed by atoms with Gasteiger partial charge in [-0.3, -0.25) is 4.79 Å². The van der Waals surface area contributed by atoms with Gasteiger partial charge in [0.05, 0.1) is 11.4 Å². The summed E-state index contributed by atoms with van der Waals surface area (Å²) in [5, 5.41) is 2.26. The lowest BCUT2D eigenvalue weighted by Crippen LogP contribution is -2.52. The van der Waals surface area contributed by atoms with Crippen molar-refractivity contribution in [2.75, 3.05) is 32.7 Å².